The molecule has 0 unspecified atom stereocenters. The van der Waals surface area contributed by atoms with Gasteiger partial charge in [-0.15, -0.1) is 17.0 Å². The quantitative estimate of drug-likeness (QED) is 0.156. The Kier molecular flexibility index (Phi) is 16.5. The first-order chi connectivity index (χ1) is 20.0. The molecule has 2 bridgehead atoms. The predicted molar refractivity (Wildman–Crippen MR) is 182 cm³/mol. The molecule has 0 amide bonds. The molecule has 0 aliphatic carbocycles. The van der Waals surface area contributed by atoms with Gasteiger partial charge in [0.15, 0.2) is 0 Å². The molecule has 1 N–H and O–H groups in total. The first-order valence-corrected chi connectivity index (χ1v) is 16.4. The topological polar surface area (TPSA) is 29.5 Å². The van der Waals surface area contributed by atoms with Crippen LogP contribution >= 0.6 is 28.6 Å². The Balaban J connectivity index is 0.000000572. The Labute approximate surface area is 287 Å². The lowest BCUT2D eigenvalue weighted by molar-refractivity contribution is -0.946. The summed E-state index contributed by atoms with van der Waals surface area (Å²) in [5.41, 5.74) is 2.11. The number of hydrogen-bond acceptors (Lipinski definition) is 2. The summed E-state index contributed by atoms with van der Waals surface area (Å²) in [6.07, 6.45) is 11.6. The number of fused-ring (bicyclic) bond motifs is 3. The highest BCUT2D eigenvalue weighted by Gasteiger charge is 2.60. The normalized spacial score (nSPS) is 20.7. The van der Waals surface area contributed by atoms with Crippen LogP contribution in [-0.4, -0.2) is 42.4 Å². The molecule has 0 spiro atoms. The van der Waals surface area contributed by atoms with Crippen LogP contribution in [0.25, 0.3) is 0 Å². The first-order valence-electron chi connectivity index (χ1n) is 16.0. The SMILES string of the molecule is Br.CCCCCCCC.OC(c1ccccc1)(c1ccccc1)C12CC[N+](CCOCc3ccc(Cl)cc3)(CC1)CC2.[Br-]. The molecule has 0 aromatic heterocycles. The fourth-order valence-corrected chi connectivity index (χ4v) is 7.09. The number of quaternary nitrogens is 1. The van der Waals surface area contributed by atoms with E-state index < -0.39 is 5.60 Å². The van der Waals surface area contributed by atoms with E-state index in [4.69, 9.17) is 16.3 Å². The Morgan fingerprint density at radius 1 is 0.744 bits per heavy atom. The molecule has 0 atom stereocenters. The van der Waals surface area contributed by atoms with Crippen molar-refractivity contribution in [1.29, 1.82) is 0 Å². The molecule has 3 aliphatic rings. The molecule has 3 aromatic carbocycles. The van der Waals surface area contributed by atoms with Gasteiger partial charge in [-0.2, -0.15) is 0 Å². The van der Waals surface area contributed by atoms with Crippen LogP contribution in [0.2, 0.25) is 5.02 Å². The number of halogens is 3. The van der Waals surface area contributed by atoms with E-state index in [2.05, 4.69) is 38.1 Å². The Morgan fingerprint density at radius 2 is 1.21 bits per heavy atom. The van der Waals surface area contributed by atoms with Crippen LogP contribution in [0.4, 0.5) is 0 Å². The minimum absolute atomic E-state index is 0. The Morgan fingerprint density at radius 3 is 1.65 bits per heavy atom. The van der Waals surface area contributed by atoms with E-state index >= 15 is 0 Å². The van der Waals surface area contributed by atoms with E-state index in [1.807, 2.05) is 60.7 Å². The maximum absolute atomic E-state index is 12.5. The number of ether oxygens (including phenoxy) is 1. The molecular formula is C37H52Br2ClNO2. The molecule has 6 rings (SSSR count). The number of benzene rings is 3. The van der Waals surface area contributed by atoms with Crippen molar-refractivity contribution in [2.45, 2.75) is 83.8 Å². The zero-order valence-corrected chi connectivity index (χ0v) is 30.2. The average Bonchev–Trinajstić information content (AvgIpc) is 3.04. The van der Waals surface area contributed by atoms with Gasteiger partial charge in [-0.05, 0) is 28.8 Å². The van der Waals surface area contributed by atoms with Crippen molar-refractivity contribution in [2.24, 2.45) is 5.41 Å². The van der Waals surface area contributed by atoms with Crippen molar-refractivity contribution in [1.82, 2.24) is 0 Å². The van der Waals surface area contributed by atoms with Crippen LogP contribution in [0.3, 0.4) is 0 Å². The van der Waals surface area contributed by atoms with E-state index in [-0.39, 0.29) is 39.4 Å². The number of rotatable bonds is 13. The first kappa shape index (κ1) is 38.0. The molecule has 3 saturated heterocycles. The molecule has 3 nitrogen and oxygen atoms in total. The summed E-state index contributed by atoms with van der Waals surface area (Å²) >= 11 is 5.98. The summed E-state index contributed by atoms with van der Waals surface area (Å²) < 4.78 is 7.14. The van der Waals surface area contributed by atoms with Crippen LogP contribution in [0, 0.1) is 5.41 Å². The molecule has 43 heavy (non-hydrogen) atoms. The molecule has 0 saturated carbocycles. The second kappa shape index (κ2) is 18.7. The monoisotopic (exact) mass is 735 g/mol. The number of hydrogen-bond donors (Lipinski definition) is 1. The maximum Gasteiger partial charge on any atom is 0.121 e. The van der Waals surface area contributed by atoms with Crippen molar-refractivity contribution >= 4 is 28.6 Å². The van der Waals surface area contributed by atoms with E-state index in [1.54, 1.807) is 0 Å². The highest BCUT2D eigenvalue weighted by Crippen LogP contribution is 2.57. The molecule has 6 heteroatoms. The van der Waals surface area contributed by atoms with Gasteiger partial charge in [0.1, 0.15) is 12.1 Å². The average molecular weight is 738 g/mol. The highest BCUT2D eigenvalue weighted by molar-refractivity contribution is 8.93. The number of aliphatic hydroxyl groups is 1. The maximum atomic E-state index is 12.5. The minimum Gasteiger partial charge on any atom is -1.00 e. The van der Waals surface area contributed by atoms with Crippen molar-refractivity contribution < 1.29 is 31.3 Å². The predicted octanol–water partition coefficient (Wildman–Crippen LogP) is 6.74. The van der Waals surface area contributed by atoms with Crippen LogP contribution in [-0.2, 0) is 16.9 Å². The number of unbranched alkanes of at least 4 members (excludes halogenated alkanes) is 5. The summed E-state index contributed by atoms with van der Waals surface area (Å²) in [7, 11) is 0. The van der Waals surface area contributed by atoms with E-state index in [9.17, 15) is 5.11 Å². The second-order valence-corrected chi connectivity index (χ2v) is 12.7. The van der Waals surface area contributed by atoms with Gasteiger partial charge in [-0.3, -0.25) is 0 Å². The van der Waals surface area contributed by atoms with Crippen LogP contribution in [0.1, 0.15) is 88.3 Å². The van der Waals surface area contributed by atoms with Crippen LogP contribution in [0.5, 0.6) is 0 Å². The fraction of sp³-hybridized carbons (Fsp3) is 0.514. The van der Waals surface area contributed by atoms with Crippen LogP contribution < -0.4 is 17.0 Å². The number of nitrogens with zero attached hydrogens (tertiary/aromatic N) is 1. The van der Waals surface area contributed by atoms with E-state index in [0.29, 0.717) is 6.61 Å². The van der Waals surface area contributed by atoms with Crippen molar-refractivity contribution in [3.05, 3.63) is 107 Å². The number of piperidine rings is 3. The third-order valence-corrected chi connectivity index (χ3v) is 9.95. The minimum atomic E-state index is -0.961. The molecule has 3 aliphatic heterocycles. The van der Waals surface area contributed by atoms with Gasteiger partial charge in [0.05, 0.1) is 32.8 Å². The standard InChI is InChI=1S/C29H33ClNO2.C8H18.2BrH/c30-27-13-11-24(12-14-27)23-33-22-21-31-18-15-28(16-19-31,17-20-31)29(32,25-7-3-1-4-8-25)26-9-5-2-6-10-26;1-3-5-7-8-6-4-2;;/h1-14,32H,15-23H2;3-8H2,1-2H3;2*1H/q+1;;;/p-1. The van der Waals surface area contributed by atoms with Gasteiger partial charge in [0.2, 0.25) is 0 Å². The summed E-state index contributed by atoms with van der Waals surface area (Å²) in [6, 6.07) is 28.5. The zero-order chi connectivity index (χ0) is 29.0. The van der Waals surface area contributed by atoms with Crippen LogP contribution in [0.15, 0.2) is 84.9 Å². The van der Waals surface area contributed by atoms with Gasteiger partial charge in [-0.25, -0.2) is 0 Å². The van der Waals surface area contributed by atoms with E-state index in [1.165, 1.54) is 38.5 Å². The van der Waals surface area contributed by atoms with Gasteiger partial charge in [0, 0.05) is 29.7 Å². The Bertz CT molecular complexity index is 1090. The summed E-state index contributed by atoms with van der Waals surface area (Å²) in [4.78, 5) is 0. The van der Waals surface area contributed by atoms with Gasteiger partial charge >= 0.3 is 0 Å². The van der Waals surface area contributed by atoms with Crippen molar-refractivity contribution in [2.75, 3.05) is 32.8 Å². The molecule has 238 valence electrons. The fourth-order valence-electron chi connectivity index (χ4n) is 6.96. The third kappa shape index (κ3) is 9.64. The van der Waals surface area contributed by atoms with Crippen molar-refractivity contribution in [3.63, 3.8) is 0 Å². The highest BCUT2D eigenvalue weighted by atomic mass is 79.9. The summed E-state index contributed by atoms with van der Waals surface area (Å²) in [6.45, 7) is 10.3. The molecule has 3 aromatic rings. The smallest absolute Gasteiger partial charge is 0.121 e. The van der Waals surface area contributed by atoms with Gasteiger partial charge < -0.3 is 31.3 Å². The largest absolute Gasteiger partial charge is 1.00 e. The molecular weight excluding hydrogens is 686 g/mol. The Hall–Kier alpha value is -1.21. The second-order valence-electron chi connectivity index (χ2n) is 12.3. The zero-order valence-electron chi connectivity index (χ0n) is 26.2. The lowest BCUT2D eigenvalue weighted by Gasteiger charge is -2.60. The van der Waals surface area contributed by atoms with Gasteiger partial charge in [0.25, 0.3) is 0 Å². The van der Waals surface area contributed by atoms with Crippen molar-refractivity contribution in [3.8, 4) is 0 Å². The van der Waals surface area contributed by atoms with Gasteiger partial charge in [-0.1, -0.05) is 137 Å². The molecule has 0 radical (unpaired) electrons. The molecule has 3 fully saturated rings. The molecule has 3 heterocycles. The summed E-state index contributed by atoms with van der Waals surface area (Å²) in [5.74, 6) is 0. The lowest BCUT2D eigenvalue weighted by Crippen LogP contribution is -3.00. The third-order valence-electron chi connectivity index (χ3n) is 9.69. The lowest BCUT2D eigenvalue weighted by atomic mass is 9.56. The van der Waals surface area contributed by atoms with E-state index in [0.717, 1.165) is 78.2 Å². The summed E-state index contributed by atoms with van der Waals surface area (Å²) in [5, 5.41) is 13.2.